The minimum absolute atomic E-state index is 0.495. The summed E-state index contributed by atoms with van der Waals surface area (Å²) < 4.78 is 0. The molecule has 0 fully saturated rings. The molecule has 0 N–H and O–H groups in total. The van der Waals surface area contributed by atoms with E-state index in [2.05, 4.69) is 229 Å². The highest BCUT2D eigenvalue weighted by Crippen LogP contribution is 2.58. The molecular weight excluding hydrogens is 711 g/mol. The predicted octanol–water partition coefficient (Wildman–Crippen LogP) is 15.1. The highest BCUT2D eigenvalue weighted by molar-refractivity contribution is 6.08. The largest absolute Gasteiger partial charge is 0.310 e. The molecule has 1 nitrogen and oxygen atoms in total. The van der Waals surface area contributed by atoms with E-state index in [-0.39, 0.29) is 0 Å². The van der Waals surface area contributed by atoms with Crippen LogP contribution in [-0.4, -0.2) is 0 Å². The van der Waals surface area contributed by atoms with E-state index >= 15 is 0 Å². The molecule has 0 unspecified atom stereocenters. The van der Waals surface area contributed by atoms with Gasteiger partial charge in [-0.05, 0) is 126 Å². The van der Waals surface area contributed by atoms with Crippen LogP contribution in [0.4, 0.5) is 17.1 Å². The third-order valence-electron chi connectivity index (χ3n) is 12.9. The summed E-state index contributed by atoms with van der Waals surface area (Å²) in [5.74, 6) is 0. The zero-order chi connectivity index (χ0) is 38.9. The minimum Gasteiger partial charge on any atom is -0.310 e. The van der Waals surface area contributed by atoms with E-state index in [0.29, 0.717) is 0 Å². The van der Waals surface area contributed by atoms with Gasteiger partial charge in [0.05, 0.1) is 11.1 Å². The summed E-state index contributed by atoms with van der Waals surface area (Å²) in [4.78, 5) is 2.50. The highest BCUT2D eigenvalue weighted by atomic mass is 15.1. The summed E-state index contributed by atoms with van der Waals surface area (Å²) >= 11 is 0. The van der Waals surface area contributed by atoms with Crippen LogP contribution in [0.2, 0.25) is 0 Å². The molecule has 1 heteroatoms. The third-order valence-corrected chi connectivity index (χ3v) is 12.9. The van der Waals surface area contributed by atoms with Gasteiger partial charge in [0.1, 0.15) is 0 Å². The highest BCUT2D eigenvalue weighted by Gasteiger charge is 2.46. The van der Waals surface area contributed by atoms with Crippen LogP contribution >= 0.6 is 0 Å². The molecule has 0 radical (unpaired) electrons. The van der Waals surface area contributed by atoms with Crippen molar-refractivity contribution in [1.29, 1.82) is 0 Å². The zero-order valence-corrected chi connectivity index (χ0v) is 32.5. The summed E-state index contributed by atoms with van der Waals surface area (Å²) in [6, 6.07) is 83.4. The fraction of sp³-hybridized carbons (Fsp3) is 0.0345. The molecule has 10 aromatic rings. The smallest absolute Gasteiger partial charge is 0.0714 e. The van der Waals surface area contributed by atoms with Crippen molar-refractivity contribution in [3.8, 4) is 33.4 Å². The number of anilines is 3. The van der Waals surface area contributed by atoms with Crippen LogP contribution in [0.5, 0.6) is 0 Å². The first-order valence-electron chi connectivity index (χ1n) is 20.6. The lowest BCUT2D eigenvalue weighted by molar-refractivity contribution is 0.768. The molecule has 59 heavy (non-hydrogen) atoms. The second-order valence-electron chi connectivity index (χ2n) is 16.0. The predicted molar refractivity (Wildman–Crippen MR) is 247 cm³/mol. The van der Waals surface area contributed by atoms with Crippen LogP contribution in [0.25, 0.3) is 54.9 Å². The van der Waals surface area contributed by atoms with Crippen molar-refractivity contribution >= 4 is 38.6 Å². The first-order valence-corrected chi connectivity index (χ1v) is 20.6. The normalized spacial score (nSPS) is 13.2. The van der Waals surface area contributed by atoms with Gasteiger partial charge in [-0.15, -0.1) is 0 Å². The molecule has 0 heterocycles. The molecule has 10 aromatic carbocycles. The maximum atomic E-state index is 2.50. The quantitative estimate of drug-likeness (QED) is 0.153. The van der Waals surface area contributed by atoms with Gasteiger partial charge in [0.15, 0.2) is 0 Å². The Morgan fingerprint density at radius 2 is 0.949 bits per heavy atom. The molecular formula is C58H39N. The van der Waals surface area contributed by atoms with Gasteiger partial charge < -0.3 is 4.90 Å². The second-order valence-corrected chi connectivity index (χ2v) is 16.0. The molecule has 0 saturated heterocycles. The molecule has 0 spiro atoms. The molecule has 0 aromatic heterocycles. The molecule has 0 bridgehead atoms. The lowest BCUT2D eigenvalue weighted by atomic mass is 9.67. The Kier molecular flexibility index (Phi) is 7.58. The van der Waals surface area contributed by atoms with Crippen LogP contribution in [0.1, 0.15) is 33.4 Å². The van der Waals surface area contributed by atoms with E-state index in [0.717, 1.165) is 17.8 Å². The van der Waals surface area contributed by atoms with E-state index in [1.807, 2.05) is 0 Å². The maximum absolute atomic E-state index is 2.50. The Morgan fingerprint density at radius 1 is 0.356 bits per heavy atom. The van der Waals surface area contributed by atoms with Crippen LogP contribution in [0.3, 0.4) is 0 Å². The van der Waals surface area contributed by atoms with Gasteiger partial charge >= 0.3 is 0 Å². The van der Waals surface area contributed by atoms with Crippen molar-refractivity contribution in [2.75, 3.05) is 4.90 Å². The minimum atomic E-state index is -0.495. The van der Waals surface area contributed by atoms with E-state index in [4.69, 9.17) is 0 Å². The standard InChI is InChI=1S/C58H39N/c1-3-17-45(18-4-1)58(46-19-5-2-6-20-46)54-24-12-11-23-51(54)52-35-34-48(38-55(52)58)59(56-25-13-16-44-36-43-15-8-10-22-50(43)57(44)56)47-32-30-39(31-33-47)42-29-28-41-27-26-40-14-7-9-21-49(40)53(41)37-42/h1-35,37-38H,36H2. The van der Waals surface area contributed by atoms with Crippen molar-refractivity contribution in [1.82, 2.24) is 0 Å². The third kappa shape index (κ3) is 5.11. The van der Waals surface area contributed by atoms with Crippen LogP contribution in [0.15, 0.2) is 224 Å². The fourth-order valence-corrected chi connectivity index (χ4v) is 10.3. The second kappa shape index (κ2) is 13.3. The fourth-order valence-electron chi connectivity index (χ4n) is 10.3. The summed E-state index contributed by atoms with van der Waals surface area (Å²) in [5, 5.41) is 5.09. The Hall–Kier alpha value is -7.48. The molecule has 12 rings (SSSR count). The van der Waals surface area contributed by atoms with Gasteiger partial charge in [-0.2, -0.15) is 0 Å². The van der Waals surface area contributed by atoms with E-state index < -0.39 is 5.41 Å². The Labute approximate surface area is 345 Å². The first kappa shape index (κ1) is 33.6. The van der Waals surface area contributed by atoms with Crippen LogP contribution < -0.4 is 4.90 Å². The van der Waals surface area contributed by atoms with Crippen molar-refractivity contribution in [2.24, 2.45) is 0 Å². The average Bonchev–Trinajstić information content (AvgIpc) is 3.84. The van der Waals surface area contributed by atoms with E-state index in [9.17, 15) is 0 Å². The molecule has 2 aliphatic carbocycles. The summed E-state index contributed by atoms with van der Waals surface area (Å²) in [6.07, 6.45) is 0.938. The van der Waals surface area contributed by atoms with Crippen LogP contribution in [0, 0.1) is 0 Å². The van der Waals surface area contributed by atoms with Gasteiger partial charge in [-0.3, -0.25) is 0 Å². The van der Waals surface area contributed by atoms with Gasteiger partial charge in [-0.25, -0.2) is 0 Å². The number of nitrogens with zero attached hydrogens (tertiary/aromatic N) is 1. The summed E-state index contributed by atoms with van der Waals surface area (Å²) in [5.41, 5.74) is 18.5. The zero-order valence-electron chi connectivity index (χ0n) is 32.5. The molecule has 276 valence electrons. The number of hydrogen-bond acceptors (Lipinski definition) is 1. The Bertz CT molecular complexity index is 3190. The van der Waals surface area contributed by atoms with Crippen molar-refractivity contribution in [3.05, 3.63) is 258 Å². The summed E-state index contributed by atoms with van der Waals surface area (Å²) in [6.45, 7) is 0. The SMILES string of the molecule is c1ccc(C2(c3ccccc3)c3ccccc3-c3ccc(N(c4ccc(-c5ccc6ccc7ccccc7c6c5)cc4)c4cccc5c4-c4ccccc4C5)cc32)cc1. The van der Waals surface area contributed by atoms with E-state index in [1.165, 1.54) is 94.0 Å². The van der Waals surface area contributed by atoms with E-state index in [1.54, 1.807) is 0 Å². The molecule has 0 atom stereocenters. The maximum Gasteiger partial charge on any atom is 0.0714 e. The van der Waals surface area contributed by atoms with Gasteiger partial charge in [0, 0.05) is 16.9 Å². The number of rotatable bonds is 6. The number of benzene rings is 10. The van der Waals surface area contributed by atoms with Gasteiger partial charge in [0.25, 0.3) is 0 Å². The molecule has 0 amide bonds. The Morgan fingerprint density at radius 3 is 1.75 bits per heavy atom. The number of fused-ring (bicyclic) bond motifs is 9. The lowest BCUT2D eigenvalue weighted by Gasteiger charge is -2.35. The monoisotopic (exact) mass is 749 g/mol. The van der Waals surface area contributed by atoms with Crippen LogP contribution in [-0.2, 0) is 11.8 Å². The van der Waals surface area contributed by atoms with Crippen molar-refractivity contribution in [2.45, 2.75) is 11.8 Å². The lowest BCUT2D eigenvalue weighted by Crippen LogP contribution is -2.28. The summed E-state index contributed by atoms with van der Waals surface area (Å²) in [7, 11) is 0. The topological polar surface area (TPSA) is 3.24 Å². The van der Waals surface area contributed by atoms with Gasteiger partial charge in [0.2, 0.25) is 0 Å². The molecule has 0 aliphatic heterocycles. The van der Waals surface area contributed by atoms with Crippen molar-refractivity contribution in [3.63, 3.8) is 0 Å². The van der Waals surface area contributed by atoms with Gasteiger partial charge in [-0.1, -0.05) is 188 Å². The van der Waals surface area contributed by atoms with Crippen molar-refractivity contribution < 1.29 is 0 Å². The number of hydrogen-bond donors (Lipinski definition) is 0. The first-order chi connectivity index (χ1) is 29.3. The molecule has 0 saturated carbocycles. The average molecular weight is 750 g/mol. The molecule has 2 aliphatic rings. The Balaban J connectivity index is 1.08.